The van der Waals surface area contributed by atoms with Crippen LogP contribution in [0.15, 0.2) is 53.4 Å². The number of nitrogens with two attached hydrogens (primary N) is 1. The Morgan fingerprint density at radius 1 is 1.24 bits per heavy atom. The van der Waals surface area contributed by atoms with E-state index in [0.717, 1.165) is 28.3 Å². The summed E-state index contributed by atoms with van der Waals surface area (Å²) in [5.41, 5.74) is 8.18. The molecule has 0 saturated heterocycles. The normalized spacial score (nSPS) is 13.6. The molecule has 3 aromatic rings. The Morgan fingerprint density at radius 3 is 2.65 bits per heavy atom. The van der Waals surface area contributed by atoms with Gasteiger partial charge in [0.25, 0.3) is 10.0 Å². The number of benzene rings is 2. The van der Waals surface area contributed by atoms with Gasteiger partial charge in [-0.05, 0) is 35.7 Å². The number of nitrogens with zero attached hydrogens (tertiary/aromatic N) is 2. The Hall–Kier alpha value is -3.39. The van der Waals surface area contributed by atoms with Crippen LogP contribution in [0.25, 0.3) is 0 Å². The number of hydrogen-bond acceptors (Lipinski definition) is 7. The third kappa shape index (κ3) is 5.07. The Bertz CT molecular complexity index is 1360. The van der Waals surface area contributed by atoms with E-state index in [0.29, 0.717) is 35.6 Å². The van der Waals surface area contributed by atoms with E-state index < -0.39 is 15.9 Å². The van der Waals surface area contributed by atoms with Crippen LogP contribution in [0.5, 0.6) is 5.75 Å². The molecule has 2 aromatic carbocycles. The van der Waals surface area contributed by atoms with Crippen molar-refractivity contribution in [2.24, 2.45) is 5.73 Å². The summed E-state index contributed by atoms with van der Waals surface area (Å²) >= 11 is 1.30. The summed E-state index contributed by atoms with van der Waals surface area (Å²) in [5.74, 6) is 0.337. The minimum atomic E-state index is -3.90. The van der Waals surface area contributed by atoms with Crippen molar-refractivity contribution in [1.82, 2.24) is 4.90 Å². The number of ether oxygens (including phenoxy) is 1. The fourth-order valence-corrected chi connectivity index (χ4v) is 6.57. The zero-order chi connectivity index (χ0) is 24.3. The number of fused-ring (bicyclic) bond motifs is 1. The van der Waals surface area contributed by atoms with Crippen molar-refractivity contribution < 1.29 is 17.9 Å². The van der Waals surface area contributed by atoms with Gasteiger partial charge in [-0.1, -0.05) is 30.3 Å². The molecule has 34 heavy (non-hydrogen) atoms. The first-order valence-electron chi connectivity index (χ1n) is 10.6. The van der Waals surface area contributed by atoms with Gasteiger partial charge in [0.05, 0.1) is 24.0 Å². The zero-order valence-electron chi connectivity index (χ0n) is 18.6. The number of amides is 1. The lowest BCUT2D eigenvalue weighted by Crippen LogP contribution is -2.29. The monoisotopic (exact) mass is 496 g/mol. The van der Waals surface area contributed by atoms with Gasteiger partial charge in [0.2, 0.25) is 5.91 Å². The lowest BCUT2D eigenvalue weighted by molar-refractivity contribution is -0.117. The smallest absolute Gasteiger partial charge is 0.262 e. The summed E-state index contributed by atoms with van der Waals surface area (Å²) in [4.78, 5) is 14.4. The van der Waals surface area contributed by atoms with E-state index in [-0.39, 0.29) is 11.3 Å². The summed E-state index contributed by atoms with van der Waals surface area (Å²) in [6.45, 7) is 2.07. The first-order chi connectivity index (χ1) is 16.3. The third-order valence-electron chi connectivity index (χ3n) is 5.67. The number of nitrogens with one attached hydrogen (secondary N) is 1. The second kappa shape index (κ2) is 9.85. The minimum absolute atomic E-state index is 0.0370. The molecule has 176 valence electrons. The average molecular weight is 497 g/mol. The largest absolute Gasteiger partial charge is 0.496 e. The highest BCUT2D eigenvalue weighted by molar-refractivity contribution is 7.93. The maximum Gasteiger partial charge on any atom is 0.262 e. The molecule has 0 spiro atoms. The molecule has 0 atom stereocenters. The predicted octanol–water partition coefficient (Wildman–Crippen LogP) is 3.02. The Balaban J connectivity index is 1.54. The van der Waals surface area contributed by atoms with E-state index in [1.54, 1.807) is 19.2 Å². The van der Waals surface area contributed by atoms with Crippen molar-refractivity contribution in [1.29, 1.82) is 5.26 Å². The molecule has 2 heterocycles. The zero-order valence-corrected chi connectivity index (χ0v) is 20.2. The number of hydrogen-bond donors (Lipinski definition) is 2. The predicted molar refractivity (Wildman–Crippen MR) is 130 cm³/mol. The number of carbonyl (C=O) groups excluding carboxylic acids is 1. The first-order valence-corrected chi connectivity index (χ1v) is 12.9. The van der Waals surface area contributed by atoms with Crippen molar-refractivity contribution in [3.05, 3.63) is 75.7 Å². The van der Waals surface area contributed by atoms with E-state index in [2.05, 4.69) is 15.7 Å². The highest BCUT2D eigenvalue weighted by Crippen LogP contribution is 2.38. The minimum Gasteiger partial charge on any atom is -0.496 e. The maximum atomic E-state index is 13.0. The average Bonchev–Trinajstić information content (AvgIpc) is 3.14. The Morgan fingerprint density at radius 2 is 1.97 bits per heavy atom. The fraction of sp³-hybridized carbons (Fsp3) is 0.250. The summed E-state index contributed by atoms with van der Waals surface area (Å²) in [6, 6.07) is 16.0. The van der Waals surface area contributed by atoms with Gasteiger partial charge in [0.1, 0.15) is 16.8 Å². The highest BCUT2D eigenvalue weighted by Gasteiger charge is 2.27. The molecule has 0 bridgehead atoms. The molecule has 10 heteroatoms. The van der Waals surface area contributed by atoms with Gasteiger partial charge in [0, 0.05) is 30.1 Å². The van der Waals surface area contributed by atoms with Crippen LogP contribution < -0.4 is 15.2 Å². The van der Waals surface area contributed by atoms with Crippen LogP contribution in [0.1, 0.15) is 27.1 Å². The van der Waals surface area contributed by atoms with Gasteiger partial charge in [-0.3, -0.25) is 14.4 Å². The second-order valence-corrected chi connectivity index (χ2v) is 10.8. The van der Waals surface area contributed by atoms with Crippen LogP contribution >= 0.6 is 11.3 Å². The highest BCUT2D eigenvalue weighted by atomic mass is 32.2. The standard InChI is InChI=1S/C24H24N4O4S2/c1-32-21-5-3-2-4-17(21)14-28-11-10-19-20(13-25)24(33-22(19)15-28)27-34(30,31)18-8-6-16(7-9-18)12-23(26)29/h2-9,27H,10-12,14-15H2,1H3,(H2,26,29). The van der Waals surface area contributed by atoms with Crippen molar-refractivity contribution in [2.75, 3.05) is 18.4 Å². The van der Waals surface area contributed by atoms with E-state index in [1.165, 1.54) is 23.5 Å². The number of sulfonamides is 1. The van der Waals surface area contributed by atoms with Crippen molar-refractivity contribution in [3.63, 3.8) is 0 Å². The molecule has 1 aliphatic rings. The molecule has 4 rings (SSSR count). The van der Waals surface area contributed by atoms with E-state index >= 15 is 0 Å². The van der Waals surface area contributed by atoms with Crippen molar-refractivity contribution in [2.45, 2.75) is 30.8 Å². The number of methoxy groups -OCH3 is 1. The van der Waals surface area contributed by atoms with E-state index in [9.17, 15) is 18.5 Å². The van der Waals surface area contributed by atoms with Crippen LogP contribution in [0.3, 0.4) is 0 Å². The van der Waals surface area contributed by atoms with Crippen molar-refractivity contribution >= 4 is 32.3 Å². The number of carbonyl (C=O) groups is 1. The molecule has 0 aliphatic carbocycles. The molecule has 8 nitrogen and oxygen atoms in total. The Kier molecular flexibility index (Phi) is 6.88. The summed E-state index contributed by atoms with van der Waals surface area (Å²) in [7, 11) is -2.25. The van der Waals surface area contributed by atoms with Crippen LogP contribution in [-0.4, -0.2) is 32.9 Å². The van der Waals surface area contributed by atoms with Crippen LogP contribution in [-0.2, 0) is 40.7 Å². The summed E-state index contributed by atoms with van der Waals surface area (Å²) < 4.78 is 34.0. The topological polar surface area (TPSA) is 126 Å². The SMILES string of the molecule is COc1ccccc1CN1CCc2c(sc(NS(=O)(=O)c3ccc(CC(N)=O)cc3)c2C#N)C1. The molecular weight excluding hydrogens is 472 g/mol. The molecule has 3 N–H and O–H groups in total. The van der Waals surface area contributed by atoms with Gasteiger partial charge in [-0.2, -0.15) is 5.26 Å². The molecular formula is C24H24N4O4S2. The molecule has 1 aromatic heterocycles. The maximum absolute atomic E-state index is 13.0. The molecule has 1 aliphatic heterocycles. The number of rotatable bonds is 8. The van der Waals surface area contributed by atoms with Gasteiger partial charge >= 0.3 is 0 Å². The van der Waals surface area contributed by atoms with Gasteiger partial charge in [-0.15, -0.1) is 11.3 Å². The molecule has 0 fully saturated rings. The molecule has 0 saturated carbocycles. The molecule has 1 amide bonds. The lowest BCUT2D eigenvalue weighted by atomic mass is 10.0. The molecule has 0 unspecified atom stereocenters. The van der Waals surface area contributed by atoms with Crippen molar-refractivity contribution in [3.8, 4) is 11.8 Å². The van der Waals surface area contributed by atoms with Crippen LogP contribution in [0.2, 0.25) is 0 Å². The fourth-order valence-electron chi connectivity index (χ4n) is 4.02. The van der Waals surface area contributed by atoms with E-state index in [1.807, 2.05) is 24.3 Å². The Labute approximate surface area is 202 Å². The lowest BCUT2D eigenvalue weighted by Gasteiger charge is -2.27. The summed E-state index contributed by atoms with van der Waals surface area (Å²) in [6.07, 6.45) is 0.697. The van der Waals surface area contributed by atoms with Gasteiger partial charge in [0.15, 0.2) is 0 Å². The van der Waals surface area contributed by atoms with Crippen LogP contribution in [0.4, 0.5) is 5.00 Å². The third-order valence-corrected chi connectivity index (χ3v) is 8.30. The van der Waals surface area contributed by atoms with Gasteiger partial charge < -0.3 is 10.5 Å². The van der Waals surface area contributed by atoms with E-state index in [4.69, 9.17) is 10.5 Å². The quantitative estimate of drug-likeness (QED) is 0.494. The second-order valence-electron chi connectivity index (χ2n) is 7.98. The number of para-hydroxylation sites is 1. The number of anilines is 1. The number of thiophene rings is 1. The summed E-state index contributed by atoms with van der Waals surface area (Å²) in [5, 5.41) is 10.1. The van der Waals surface area contributed by atoms with Crippen LogP contribution in [0, 0.1) is 11.3 Å². The molecule has 0 radical (unpaired) electrons. The number of nitriles is 1. The number of primary amides is 1. The van der Waals surface area contributed by atoms with Gasteiger partial charge in [-0.25, -0.2) is 8.42 Å². The first kappa shape index (κ1) is 23.8.